The molecule has 6 atom stereocenters. The number of hydrogen-bond acceptors (Lipinski definition) is 4. The topological polar surface area (TPSA) is 59.1 Å². The summed E-state index contributed by atoms with van der Waals surface area (Å²) >= 11 is 0. The molecule has 0 spiro atoms. The van der Waals surface area contributed by atoms with Crippen molar-refractivity contribution in [1.82, 2.24) is 0 Å². The van der Waals surface area contributed by atoms with Gasteiger partial charge in [0, 0.05) is 17.9 Å². The molecule has 0 aromatic rings. The van der Waals surface area contributed by atoms with Crippen molar-refractivity contribution < 1.29 is 19.4 Å². The van der Waals surface area contributed by atoms with Crippen LogP contribution in [-0.4, -0.2) is 35.5 Å². The lowest BCUT2D eigenvalue weighted by atomic mass is 9.73. The van der Waals surface area contributed by atoms with Crippen molar-refractivity contribution in [2.45, 2.75) is 71.2 Å². The van der Waals surface area contributed by atoms with E-state index in [1.807, 2.05) is 6.08 Å². The van der Waals surface area contributed by atoms with Gasteiger partial charge in [-0.05, 0) is 51.9 Å². The number of cyclic esters (lactones) is 1. The number of rotatable bonds is 4. The van der Waals surface area contributed by atoms with Crippen molar-refractivity contribution >= 4 is 5.97 Å². The summed E-state index contributed by atoms with van der Waals surface area (Å²) in [7, 11) is 0. The minimum Gasteiger partial charge on any atom is -0.462 e. The second-order valence-corrected chi connectivity index (χ2v) is 8.20. The average molecular weight is 334 g/mol. The van der Waals surface area contributed by atoms with Crippen LogP contribution < -0.4 is 0 Å². The third-order valence-corrected chi connectivity index (χ3v) is 5.97. The molecule has 2 saturated heterocycles. The third kappa shape index (κ3) is 3.45. The first kappa shape index (κ1) is 17.7. The summed E-state index contributed by atoms with van der Waals surface area (Å²) in [4.78, 5) is 12.1. The maximum absolute atomic E-state index is 12.1. The van der Waals surface area contributed by atoms with E-state index >= 15 is 0 Å². The van der Waals surface area contributed by atoms with E-state index in [2.05, 4.69) is 33.8 Å². The summed E-state index contributed by atoms with van der Waals surface area (Å²) in [5.74, 6) is 0.152. The Morgan fingerprint density at radius 1 is 1.50 bits per heavy atom. The molecule has 0 aromatic carbocycles. The van der Waals surface area contributed by atoms with Gasteiger partial charge in [-0.3, -0.25) is 0 Å². The normalized spacial score (nSPS) is 41.5. The minimum absolute atomic E-state index is 0.00954. The van der Waals surface area contributed by atoms with Crippen LogP contribution in [0, 0.1) is 17.8 Å². The highest BCUT2D eigenvalue weighted by Crippen LogP contribution is 2.48. The Bertz CT molecular complexity index is 560. The van der Waals surface area contributed by atoms with E-state index in [4.69, 9.17) is 9.47 Å². The van der Waals surface area contributed by atoms with E-state index < -0.39 is 6.10 Å². The molecule has 3 rings (SSSR count). The van der Waals surface area contributed by atoms with Crippen molar-refractivity contribution in [2.24, 2.45) is 17.8 Å². The summed E-state index contributed by atoms with van der Waals surface area (Å²) in [6.45, 7) is 8.88. The SMILES string of the molecule is CC(C)=CCC[C@@H](C)[C@@H]1[C@H](O)C[C@@]2(C)O[C@@H]2C/C=C2/C(=O)OC[C@H]21. The van der Waals surface area contributed by atoms with E-state index in [0.29, 0.717) is 18.9 Å². The highest BCUT2D eigenvalue weighted by Gasteiger charge is 2.55. The first-order chi connectivity index (χ1) is 11.3. The molecule has 2 fully saturated rings. The second kappa shape index (κ2) is 6.64. The first-order valence-corrected chi connectivity index (χ1v) is 9.18. The van der Waals surface area contributed by atoms with Gasteiger partial charge < -0.3 is 14.6 Å². The zero-order chi connectivity index (χ0) is 17.5. The molecule has 0 radical (unpaired) electrons. The van der Waals surface area contributed by atoms with Gasteiger partial charge in [0.15, 0.2) is 0 Å². The number of aliphatic hydroxyl groups is 1. The van der Waals surface area contributed by atoms with Crippen LogP contribution in [0.1, 0.15) is 53.4 Å². The van der Waals surface area contributed by atoms with Crippen molar-refractivity contribution in [3.8, 4) is 0 Å². The third-order valence-electron chi connectivity index (χ3n) is 5.97. The summed E-state index contributed by atoms with van der Waals surface area (Å²) in [5, 5.41) is 11.0. The molecule has 2 aliphatic heterocycles. The van der Waals surface area contributed by atoms with Crippen molar-refractivity contribution in [3.05, 3.63) is 23.3 Å². The number of hydrogen-bond donors (Lipinski definition) is 1. The predicted molar refractivity (Wildman–Crippen MR) is 92.4 cm³/mol. The summed E-state index contributed by atoms with van der Waals surface area (Å²) in [6.07, 6.45) is 7.28. The largest absolute Gasteiger partial charge is 0.462 e. The molecule has 24 heavy (non-hydrogen) atoms. The molecule has 1 N–H and O–H groups in total. The summed E-state index contributed by atoms with van der Waals surface area (Å²) < 4.78 is 11.1. The number of epoxide rings is 1. The Balaban J connectivity index is 1.82. The molecule has 4 nitrogen and oxygen atoms in total. The van der Waals surface area contributed by atoms with E-state index in [1.54, 1.807) is 0 Å². The predicted octanol–water partition coefficient (Wildman–Crippen LogP) is 3.40. The van der Waals surface area contributed by atoms with E-state index in [1.165, 1.54) is 5.57 Å². The first-order valence-electron chi connectivity index (χ1n) is 9.18. The highest BCUT2D eigenvalue weighted by atomic mass is 16.6. The van der Waals surface area contributed by atoms with Gasteiger partial charge in [0.25, 0.3) is 0 Å². The van der Waals surface area contributed by atoms with Gasteiger partial charge in [0.2, 0.25) is 0 Å². The van der Waals surface area contributed by atoms with Crippen LogP contribution in [0.4, 0.5) is 0 Å². The van der Waals surface area contributed by atoms with Gasteiger partial charge in [-0.15, -0.1) is 0 Å². The maximum atomic E-state index is 12.1. The van der Waals surface area contributed by atoms with Crippen LogP contribution in [0.3, 0.4) is 0 Å². The molecule has 1 aliphatic carbocycles. The lowest BCUT2D eigenvalue weighted by molar-refractivity contribution is -0.135. The van der Waals surface area contributed by atoms with Gasteiger partial charge in [-0.25, -0.2) is 4.79 Å². The lowest BCUT2D eigenvalue weighted by Gasteiger charge is -2.33. The number of aliphatic hydroxyl groups excluding tert-OH is 1. The molecular weight excluding hydrogens is 304 g/mol. The quantitative estimate of drug-likeness (QED) is 0.486. The molecule has 0 aromatic heterocycles. The molecule has 134 valence electrons. The zero-order valence-corrected chi connectivity index (χ0v) is 15.2. The van der Waals surface area contributed by atoms with Gasteiger partial charge in [0.05, 0.1) is 24.4 Å². The molecule has 3 aliphatic rings. The van der Waals surface area contributed by atoms with Gasteiger partial charge in [-0.2, -0.15) is 0 Å². The Kier molecular flexibility index (Phi) is 4.89. The average Bonchev–Trinajstić information content (AvgIpc) is 2.96. The molecule has 4 heteroatoms. The van der Waals surface area contributed by atoms with Crippen LogP contribution in [0.25, 0.3) is 0 Å². The number of allylic oxidation sites excluding steroid dienone is 2. The molecule has 0 saturated carbocycles. The Hall–Kier alpha value is -1.13. The summed E-state index contributed by atoms with van der Waals surface area (Å²) in [6, 6.07) is 0. The monoisotopic (exact) mass is 334 g/mol. The van der Waals surface area contributed by atoms with E-state index in [-0.39, 0.29) is 29.5 Å². The maximum Gasteiger partial charge on any atom is 0.334 e. The molecular formula is C20H30O4. The minimum atomic E-state index is -0.470. The second-order valence-electron chi connectivity index (χ2n) is 8.20. The number of esters is 1. The fraction of sp³-hybridized carbons (Fsp3) is 0.750. The Morgan fingerprint density at radius 3 is 2.96 bits per heavy atom. The van der Waals surface area contributed by atoms with Crippen molar-refractivity contribution in [2.75, 3.05) is 6.61 Å². The van der Waals surface area contributed by atoms with Crippen molar-refractivity contribution in [1.29, 1.82) is 0 Å². The van der Waals surface area contributed by atoms with Gasteiger partial charge in [-0.1, -0.05) is 24.6 Å². The van der Waals surface area contributed by atoms with Crippen LogP contribution >= 0.6 is 0 Å². The number of fused-ring (bicyclic) bond motifs is 2. The molecule has 0 amide bonds. The van der Waals surface area contributed by atoms with Crippen molar-refractivity contribution in [3.63, 3.8) is 0 Å². The molecule has 2 heterocycles. The standard InChI is InChI=1S/C20H30O4/c1-12(2)6-5-7-13(3)18-15-11-23-19(22)14(15)8-9-17-20(4,24-17)10-16(18)21/h6,8,13,15-18,21H,5,7,9-11H2,1-4H3/b14-8+/t13-,15-,16-,17-,18+,20-/m1/s1. The molecule has 0 unspecified atom stereocenters. The Labute approximate surface area is 144 Å². The smallest absolute Gasteiger partial charge is 0.334 e. The molecule has 0 bridgehead atoms. The number of carbonyl (C=O) groups is 1. The van der Waals surface area contributed by atoms with Crippen LogP contribution in [0.15, 0.2) is 23.3 Å². The van der Waals surface area contributed by atoms with Crippen LogP contribution in [-0.2, 0) is 14.3 Å². The lowest BCUT2D eigenvalue weighted by Crippen LogP contribution is -2.37. The van der Waals surface area contributed by atoms with Crippen LogP contribution in [0.5, 0.6) is 0 Å². The fourth-order valence-corrected chi connectivity index (χ4v) is 4.47. The summed E-state index contributed by atoms with van der Waals surface area (Å²) in [5.41, 5.74) is 1.84. The highest BCUT2D eigenvalue weighted by molar-refractivity contribution is 5.91. The number of ether oxygens (including phenoxy) is 2. The van der Waals surface area contributed by atoms with E-state index in [0.717, 1.165) is 24.8 Å². The van der Waals surface area contributed by atoms with Gasteiger partial charge >= 0.3 is 5.97 Å². The fourth-order valence-electron chi connectivity index (χ4n) is 4.47. The van der Waals surface area contributed by atoms with E-state index in [9.17, 15) is 9.90 Å². The number of carbonyl (C=O) groups excluding carboxylic acids is 1. The van der Waals surface area contributed by atoms with Gasteiger partial charge in [0.1, 0.15) is 0 Å². The zero-order valence-electron chi connectivity index (χ0n) is 15.2. The van der Waals surface area contributed by atoms with Crippen LogP contribution in [0.2, 0.25) is 0 Å². The Morgan fingerprint density at radius 2 is 2.25 bits per heavy atom.